The predicted octanol–water partition coefficient (Wildman–Crippen LogP) is 5.71. The molecule has 0 aliphatic carbocycles. The normalized spacial score (nSPS) is 14.4. The Balaban J connectivity index is 1.49. The number of carbonyl (C=O) groups is 1. The minimum Gasteiger partial charge on any atom is -0.415 e. The maximum absolute atomic E-state index is 15.5. The molecule has 0 atom stereocenters. The van der Waals surface area contributed by atoms with Crippen LogP contribution < -0.4 is 9.80 Å². The molecule has 1 aliphatic heterocycles. The van der Waals surface area contributed by atoms with Crippen molar-refractivity contribution in [2.45, 2.75) is 31.9 Å². The number of rotatable bonds is 9. The second-order valence-electron chi connectivity index (χ2n) is 9.99. The van der Waals surface area contributed by atoms with Crippen LogP contribution in [0.2, 0.25) is 0 Å². The average Bonchev–Trinajstić information content (AvgIpc) is 3.48. The zero-order valence-electron chi connectivity index (χ0n) is 22.5. The fraction of sp³-hybridized carbons (Fsp3) is 0.310. The first kappa shape index (κ1) is 28.2. The summed E-state index contributed by atoms with van der Waals surface area (Å²) in [7, 11) is 3.97. The van der Waals surface area contributed by atoms with Gasteiger partial charge < -0.3 is 19.1 Å². The molecule has 1 aliphatic rings. The van der Waals surface area contributed by atoms with E-state index in [2.05, 4.69) is 27.1 Å². The first-order valence-corrected chi connectivity index (χ1v) is 13.0. The van der Waals surface area contributed by atoms with E-state index in [-0.39, 0.29) is 35.3 Å². The lowest BCUT2D eigenvalue weighted by Gasteiger charge is -2.38. The second-order valence-corrected chi connectivity index (χ2v) is 9.99. The van der Waals surface area contributed by atoms with Crippen LogP contribution in [0.25, 0.3) is 22.6 Å². The van der Waals surface area contributed by atoms with Gasteiger partial charge in [0, 0.05) is 53.8 Å². The van der Waals surface area contributed by atoms with Gasteiger partial charge in [-0.05, 0) is 57.2 Å². The fourth-order valence-electron chi connectivity index (χ4n) is 5.00. The third-order valence-corrected chi connectivity index (χ3v) is 7.36. The van der Waals surface area contributed by atoms with Gasteiger partial charge in [-0.25, -0.2) is 8.78 Å². The lowest BCUT2D eigenvalue weighted by molar-refractivity contribution is -0.107. The van der Waals surface area contributed by atoms with Gasteiger partial charge in [0.1, 0.15) is 11.6 Å². The molecule has 1 saturated heterocycles. The number of hydrogen-bond acceptors (Lipinski definition) is 7. The van der Waals surface area contributed by atoms with E-state index in [1.807, 2.05) is 11.9 Å². The molecule has 214 valence electrons. The maximum atomic E-state index is 15.5. The van der Waals surface area contributed by atoms with Gasteiger partial charge >= 0.3 is 6.43 Å². The topological polar surface area (TPSA) is 78.6 Å². The van der Waals surface area contributed by atoms with Crippen LogP contribution in [0.5, 0.6) is 0 Å². The van der Waals surface area contributed by atoms with Crippen LogP contribution in [0.3, 0.4) is 0 Å². The van der Waals surface area contributed by atoms with Crippen LogP contribution in [0, 0.1) is 11.6 Å². The molecule has 2 aromatic carbocycles. The summed E-state index contributed by atoms with van der Waals surface area (Å²) >= 11 is 0. The fourth-order valence-corrected chi connectivity index (χ4v) is 5.00. The Bertz CT molecular complexity index is 1510. The van der Waals surface area contributed by atoms with E-state index in [4.69, 9.17) is 4.42 Å². The van der Waals surface area contributed by atoms with Gasteiger partial charge in [-0.2, -0.15) is 8.78 Å². The Labute approximate surface area is 234 Å². The third-order valence-electron chi connectivity index (χ3n) is 7.36. The number of alkyl halides is 2. The van der Waals surface area contributed by atoms with Crippen LogP contribution in [0.15, 0.2) is 59.3 Å². The Morgan fingerprint density at radius 2 is 1.83 bits per heavy atom. The zero-order valence-corrected chi connectivity index (χ0v) is 22.5. The number of anilines is 2. The first-order valence-electron chi connectivity index (χ1n) is 13.0. The Morgan fingerprint density at radius 3 is 2.46 bits per heavy atom. The molecule has 4 aromatic rings. The molecule has 1 amide bonds. The number of likely N-dealkylation sites (tertiary alicyclic amines) is 1. The van der Waals surface area contributed by atoms with Crippen molar-refractivity contribution in [2.24, 2.45) is 0 Å². The lowest BCUT2D eigenvalue weighted by atomic mass is 10.00. The molecule has 5 rings (SSSR count). The highest BCUT2D eigenvalue weighted by Crippen LogP contribution is 2.38. The van der Waals surface area contributed by atoms with Gasteiger partial charge in [0.05, 0.1) is 17.9 Å². The highest BCUT2D eigenvalue weighted by Gasteiger charge is 2.26. The van der Waals surface area contributed by atoms with E-state index < -0.39 is 24.0 Å². The smallest absolute Gasteiger partial charge is 0.314 e. The zero-order chi connectivity index (χ0) is 29.1. The summed E-state index contributed by atoms with van der Waals surface area (Å²) in [5, 5.41) is 6.80. The van der Waals surface area contributed by atoms with E-state index in [1.165, 1.54) is 23.1 Å². The number of pyridine rings is 1. The number of carbonyl (C=O) groups excluding carboxylic acids is 1. The van der Waals surface area contributed by atoms with Gasteiger partial charge in [-0.1, -0.05) is 12.1 Å². The summed E-state index contributed by atoms with van der Waals surface area (Å²) < 4.78 is 61.3. The average molecular weight is 569 g/mol. The molecular weight excluding hydrogens is 540 g/mol. The van der Waals surface area contributed by atoms with Crippen LogP contribution >= 0.6 is 0 Å². The summed E-state index contributed by atoms with van der Waals surface area (Å²) in [4.78, 5) is 22.0. The molecule has 0 unspecified atom stereocenters. The van der Waals surface area contributed by atoms with Crippen molar-refractivity contribution in [3.05, 3.63) is 77.9 Å². The van der Waals surface area contributed by atoms with Crippen molar-refractivity contribution < 1.29 is 26.8 Å². The molecule has 0 saturated carbocycles. The monoisotopic (exact) mass is 568 g/mol. The van der Waals surface area contributed by atoms with Crippen molar-refractivity contribution in [3.8, 4) is 22.6 Å². The number of aromatic nitrogens is 3. The highest BCUT2D eigenvalue weighted by molar-refractivity contribution is 5.87. The summed E-state index contributed by atoms with van der Waals surface area (Å²) in [5.74, 6) is -2.39. The minimum atomic E-state index is -2.95. The third kappa shape index (κ3) is 6.07. The summed E-state index contributed by atoms with van der Waals surface area (Å²) in [6.45, 7) is 1.59. The second kappa shape index (κ2) is 12.0. The van der Waals surface area contributed by atoms with Crippen molar-refractivity contribution >= 4 is 17.8 Å². The van der Waals surface area contributed by atoms with Crippen molar-refractivity contribution in [1.82, 2.24) is 20.1 Å². The molecule has 0 radical (unpaired) electrons. The Hall–Kier alpha value is -4.32. The van der Waals surface area contributed by atoms with Gasteiger partial charge in [0.15, 0.2) is 0 Å². The number of halogens is 4. The van der Waals surface area contributed by atoms with E-state index in [1.54, 1.807) is 30.6 Å². The van der Waals surface area contributed by atoms with E-state index >= 15 is 8.78 Å². The number of piperidine rings is 1. The molecular formula is C29H28F4N6O2. The standard InChI is InChI=1S/C29H28F4N6O2/c1-37-10-7-21(8-11-37)38(2)25-13-22(19-4-3-9-34-15-19)24(31)14-26(25)39(17-40)16-20-6-5-18(12-23(20)30)28-35-36-29(41-28)27(32)33/h3-6,9,12-15,17,21,27H,7-8,10-11,16H2,1-2H3. The SMILES string of the molecule is CN1CCC(N(C)c2cc(-c3cccnc3)c(F)cc2N(C=O)Cc2ccc(-c3nnc(C(F)F)o3)cc2F)CC1. The molecule has 0 N–H and O–H groups in total. The van der Waals surface area contributed by atoms with Crippen LogP contribution in [-0.2, 0) is 11.3 Å². The molecule has 3 heterocycles. The van der Waals surface area contributed by atoms with Gasteiger partial charge in [0.25, 0.3) is 5.89 Å². The van der Waals surface area contributed by atoms with Crippen molar-refractivity contribution in [1.29, 1.82) is 0 Å². The quantitative estimate of drug-likeness (QED) is 0.189. The van der Waals surface area contributed by atoms with Gasteiger partial charge in [-0.3, -0.25) is 9.78 Å². The Morgan fingerprint density at radius 1 is 1.05 bits per heavy atom. The largest absolute Gasteiger partial charge is 0.415 e. The number of nitrogens with zero attached hydrogens (tertiary/aromatic N) is 6. The van der Waals surface area contributed by atoms with E-state index in [9.17, 15) is 13.6 Å². The van der Waals surface area contributed by atoms with Crippen LogP contribution in [0.1, 0.15) is 30.7 Å². The molecule has 12 heteroatoms. The van der Waals surface area contributed by atoms with E-state index in [0.29, 0.717) is 23.2 Å². The maximum Gasteiger partial charge on any atom is 0.314 e. The first-order chi connectivity index (χ1) is 19.7. The minimum absolute atomic E-state index is 0.109. The van der Waals surface area contributed by atoms with Crippen molar-refractivity contribution in [3.63, 3.8) is 0 Å². The molecule has 41 heavy (non-hydrogen) atoms. The summed E-state index contributed by atoms with van der Waals surface area (Å²) in [6.07, 6.45) is 2.52. The molecule has 8 nitrogen and oxygen atoms in total. The number of amides is 1. The highest BCUT2D eigenvalue weighted by atomic mass is 19.3. The Kier molecular flexibility index (Phi) is 8.29. The molecule has 1 fully saturated rings. The van der Waals surface area contributed by atoms with Gasteiger partial charge in [0.2, 0.25) is 12.3 Å². The van der Waals surface area contributed by atoms with Crippen molar-refractivity contribution in [2.75, 3.05) is 37.0 Å². The van der Waals surface area contributed by atoms with E-state index in [0.717, 1.165) is 32.0 Å². The molecule has 0 bridgehead atoms. The molecule has 0 spiro atoms. The number of hydrogen-bond donors (Lipinski definition) is 0. The molecule has 2 aromatic heterocycles. The summed E-state index contributed by atoms with van der Waals surface area (Å²) in [6, 6.07) is 10.5. The number of benzene rings is 2. The lowest BCUT2D eigenvalue weighted by Crippen LogP contribution is -2.42. The summed E-state index contributed by atoms with van der Waals surface area (Å²) in [5.41, 5.74) is 2.06. The van der Waals surface area contributed by atoms with Crippen LogP contribution in [0.4, 0.5) is 28.9 Å². The predicted molar refractivity (Wildman–Crippen MR) is 145 cm³/mol. The van der Waals surface area contributed by atoms with Gasteiger partial charge in [-0.15, -0.1) is 10.2 Å². The van der Waals surface area contributed by atoms with Crippen LogP contribution in [-0.4, -0.2) is 59.7 Å².